The fraction of sp³-hybridized carbons (Fsp3) is 0.312. The Labute approximate surface area is 133 Å². The average Bonchev–Trinajstić information content (AvgIpc) is 2.61. The van der Waals surface area contributed by atoms with Crippen LogP contribution in [0.25, 0.3) is 11.3 Å². The van der Waals surface area contributed by atoms with Crippen molar-refractivity contribution in [1.82, 2.24) is 14.9 Å². The van der Waals surface area contributed by atoms with E-state index < -0.39 is 0 Å². The Balaban J connectivity index is 1.62. The highest BCUT2D eigenvalue weighted by atomic mass is 32.2. The van der Waals surface area contributed by atoms with Gasteiger partial charge < -0.3 is 9.64 Å². The maximum Gasteiger partial charge on any atom is 0.233 e. The van der Waals surface area contributed by atoms with E-state index in [4.69, 9.17) is 4.74 Å². The first kappa shape index (κ1) is 15.0. The van der Waals surface area contributed by atoms with E-state index in [-0.39, 0.29) is 5.91 Å². The maximum absolute atomic E-state index is 12.1. The van der Waals surface area contributed by atoms with Gasteiger partial charge in [0.15, 0.2) is 5.16 Å². The highest BCUT2D eigenvalue weighted by molar-refractivity contribution is 7.99. The molecule has 0 spiro atoms. The number of rotatable bonds is 4. The van der Waals surface area contributed by atoms with Gasteiger partial charge in [-0.3, -0.25) is 4.79 Å². The van der Waals surface area contributed by atoms with Crippen LogP contribution in [0.2, 0.25) is 0 Å². The first-order valence-corrected chi connectivity index (χ1v) is 8.18. The normalized spacial score (nSPS) is 14.8. The second kappa shape index (κ2) is 7.38. The van der Waals surface area contributed by atoms with E-state index in [2.05, 4.69) is 9.97 Å². The van der Waals surface area contributed by atoms with Gasteiger partial charge in [0.25, 0.3) is 0 Å². The predicted molar refractivity (Wildman–Crippen MR) is 85.6 cm³/mol. The molecule has 2 aromatic rings. The van der Waals surface area contributed by atoms with E-state index in [9.17, 15) is 4.79 Å². The number of aromatic nitrogens is 2. The van der Waals surface area contributed by atoms with Crippen molar-refractivity contribution < 1.29 is 9.53 Å². The first-order valence-electron chi connectivity index (χ1n) is 7.20. The number of ether oxygens (including phenoxy) is 1. The molecule has 6 heteroatoms. The third kappa shape index (κ3) is 3.84. The largest absolute Gasteiger partial charge is 0.378 e. The van der Waals surface area contributed by atoms with Crippen LogP contribution >= 0.6 is 11.8 Å². The molecule has 1 saturated heterocycles. The van der Waals surface area contributed by atoms with Crippen molar-refractivity contribution in [3.05, 3.63) is 42.6 Å². The summed E-state index contributed by atoms with van der Waals surface area (Å²) in [6.07, 6.45) is 1.73. The number of morpholine rings is 1. The molecule has 1 aliphatic heterocycles. The number of hydrogen-bond donors (Lipinski definition) is 0. The van der Waals surface area contributed by atoms with E-state index in [1.54, 1.807) is 6.20 Å². The van der Waals surface area contributed by atoms with Crippen molar-refractivity contribution in [1.29, 1.82) is 0 Å². The summed E-state index contributed by atoms with van der Waals surface area (Å²) >= 11 is 1.38. The molecular formula is C16H17N3O2S. The average molecular weight is 315 g/mol. The molecule has 5 nitrogen and oxygen atoms in total. The molecule has 0 bridgehead atoms. The van der Waals surface area contributed by atoms with Crippen molar-refractivity contribution in [2.24, 2.45) is 0 Å². The summed E-state index contributed by atoms with van der Waals surface area (Å²) in [5, 5.41) is 0.628. The minimum atomic E-state index is 0.113. The van der Waals surface area contributed by atoms with E-state index in [1.165, 1.54) is 11.8 Å². The Kier molecular flexibility index (Phi) is 5.03. The lowest BCUT2D eigenvalue weighted by Crippen LogP contribution is -2.41. The molecule has 0 atom stereocenters. The van der Waals surface area contributed by atoms with E-state index in [0.29, 0.717) is 37.2 Å². The van der Waals surface area contributed by atoms with Crippen molar-refractivity contribution >= 4 is 17.7 Å². The fourth-order valence-corrected chi connectivity index (χ4v) is 2.94. The Morgan fingerprint density at radius 1 is 1.18 bits per heavy atom. The Morgan fingerprint density at radius 2 is 1.95 bits per heavy atom. The van der Waals surface area contributed by atoms with Crippen molar-refractivity contribution in [2.45, 2.75) is 5.16 Å². The summed E-state index contributed by atoms with van der Waals surface area (Å²) in [5.74, 6) is 0.472. The van der Waals surface area contributed by atoms with E-state index >= 15 is 0 Å². The smallest absolute Gasteiger partial charge is 0.233 e. The molecule has 1 aromatic carbocycles. The van der Waals surface area contributed by atoms with Crippen LogP contribution in [0.4, 0.5) is 0 Å². The highest BCUT2D eigenvalue weighted by Gasteiger charge is 2.17. The van der Waals surface area contributed by atoms with Crippen LogP contribution in [-0.2, 0) is 9.53 Å². The first-order chi connectivity index (χ1) is 10.8. The number of benzene rings is 1. The zero-order chi connectivity index (χ0) is 15.2. The Bertz CT molecular complexity index is 630. The lowest BCUT2D eigenvalue weighted by atomic mass is 10.1. The van der Waals surface area contributed by atoms with Crippen LogP contribution in [0.3, 0.4) is 0 Å². The van der Waals surface area contributed by atoms with Gasteiger partial charge in [-0.1, -0.05) is 42.1 Å². The van der Waals surface area contributed by atoms with Crippen LogP contribution < -0.4 is 0 Å². The van der Waals surface area contributed by atoms with Crippen LogP contribution in [0.15, 0.2) is 47.8 Å². The summed E-state index contributed by atoms with van der Waals surface area (Å²) in [4.78, 5) is 22.7. The summed E-state index contributed by atoms with van der Waals surface area (Å²) in [6, 6.07) is 11.8. The Hall–Kier alpha value is -1.92. The van der Waals surface area contributed by atoms with Crippen molar-refractivity contribution in [2.75, 3.05) is 32.1 Å². The number of carbonyl (C=O) groups is 1. The molecule has 0 saturated carbocycles. The van der Waals surface area contributed by atoms with Gasteiger partial charge in [-0.15, -0.1) is 0 Å². The van der Waals surface area contributed by atoms with Crippen LogP contribution in [0.1, 0.15) is 0 Å². The lowest BCUT2D eigenvalue weighted by Gasteiger charge is -2.26. The minimum Gasteiger partial charge on any atom is -0.378 e. The molecule has 0 unspecified atom stereocenters. The lowest BCUT2D eigenvalue weighted by molar-refractivity contribution is -0.132. The number of thioether (sulfide) groups is 1. The molecule has 3 rings (SSSR count). The van der Waals surface area contributed by atoms with Crippen LogP contribution in [-0.4, -0.2) is 52.8 Å². The molecule has 0 radical (unpaired) electrons. The zero-order valence-electron chi connectivity index (χ0n) is 12.1. The molecule has 114 valence electrons. The molecular weight excluding hydrogens is 298 g/mol. The third-order valence-electron chi connectivity index (χ3n) is 3.39. The molecule has 0 N–H and O–H groups in total. The quantitative estimate of drug-likeness (QED) is 0.639. The molecule has 0 aliphatic carbocycles. The van der Waals surface area contributed by atoms with Gasteiger partial charge in [0.05, 0.1) is 24.7 Å². The molecule has 1 aliphatic rings. The summed E-state index contributed by atoms with van der Waals surface area (Å²) < 4.78 is 5.25. The van der Waals surface area contributed by atoms with Gasteiger partial charge in [0.1, 0.15) is 0 Å². The predicted octanol–water partition coefficient (Wildman–Crippen LogP) is 2.09. The number of amides is 1. The number of carbonyl (C=O) groups excluding carboxylic acids is 1. The number of hydrogen-bond acceptors (Lipinski definition) is 5. The molecule has 1 fully saturated rings. The maximum atomic E-state index is 12.1. The van der Waals surface area contributed by atoms with E-state index in [1.807, 2.05) is 41.3 Å². The monoisotopic (exact) mass is 315 g/mol. The summed E-state index contributed by atoms with van der Waals surface area (Å²) in [6.45, 7) is 2.58. The van der Waals surface area contributed by atoms with Crippen LogP contribution in [0, 0.1) is 0 Å². The fourth-order valence-electron chi connectivity index (χ4n) is 2.21. The van der Waals surface area contributed by atoms with Gasteiger partial charge in [-0.25, -0.2) is 9.97 Å². The van der Waals surface area contributed by atoms with Gasteiger partial charge in [-0.05, 0) is 6.07 Å². The standard InChI is InChI=1S/C16H17N3O2S/c20-15(19-8-10-21-11-9-19)12-22-16-17-7-6-14(18-16)13-4-2-1-3-5-13/h1-7H,8-12H2. The summed E-state index contributed by atoms with van der Waals surface area (Å²) in [5.41, 5.74) is 1.92. The summed E-state index contributed by atoms with van der Waals surface area (Å²) in [7, 11) is 0. The topological polar surface area (TPSA) is 55.3 Å². The van der Waals surface area contributed by atoms with Gasteiger partial charge in [-0.2, -0.15) is 0 Å². The second-order valence-electron chi connectivity index (χ2n) is 4.87. The van der Waals surface area contributed by atoms with Crippen LogP contribution in [0.5, 0.6) is 0 Å². The highest BCUT2D eigenvalue weighted by Crippen LogP contribution is 2.20. The zero-order valence-corrected chi connectivity index (χ0v) is 13.0. The minimum absolute atomic E-state index is 0.113. The SMILES string of the molecule is O=C(CSc1nccc(-c2ccccc2)n1)N1CCOCC1. The van der Waals surface area contributed by atoms with Gasteiger partial charge >= 0.3 is 0 Å². The molecule has 2 heterocycles. The van der Waals surface area contributed by atoms with Gasteiger partial charge in [0, 0.05) is 24.8 Å². The third-order valence-corrected chi connectivity index (χ3v) is 4.24. The number of nitrogens with zero attached hydrogens (tertiary/aromatic N) is 3. The molecule has 22 heavy (non-hydrogen) atoms. The van der Waals surface area contributed by atoms with Crippen molar-refractivity contribution in [3.8, 4) is 11.3 Å². The Morgan fingerprint density at radius 3 is 2.73 bits per heavy atom. The second-order valence-corrected chi connectivity index (χ2v) is 5.81. The molecule has 1 amide bonds. The van der Waals surface area contributed by atoms with Gasteiger partial charge in [0.2, 0.25) is 5.91 Å². The van der Waals surface area contributed by atoms with Crippen molar-refractivity contribution in [3.63, 3.8) is 0 Å². The molecule has 1 aromatic heterocycles. The van der Waals surface area contributed by atoms with E-state index in [0.717, 1.165) is 11.3 Å².